The van der Waals surface area contributed by atoms with Gasteiger partial charge >= 0.3 is 0 Å². The highest BCUT2D eigenvalue weighted by Gasteiger charge is 2.29. The van der Waals surface area contributed by atoms with Crippen LogP contribution >= 0.6 is 0 Å². The Bertz CT molecular complexity index is 703. The second-order valence-corrected chi connectivity index (χ2v) is 10.7. The van der Waals surface area contributed by atoms with Gasteiger partial charge in [0.2, 0.25) is 0 Å². The minimum absolute atomic E-state index is 0.244. The average Bonchev–Trinajstić information content (AvgIpc) is 2.67. The van der Waals surface area contributed by atoms with E-state index in [1.807, 2.05) is 19.9 Å². The molecule has 30 heavy (non-hydrogen) atoms. The summed E-state index contributed by atoms with van der Waals surface area (Å²) in [5.41, 5.74) is 2.71. The summed E-state index contributed by atoms with van der Waals surface area (Å²) >= 11 is 0. The van der Waals surface area contributed by atoms with Crippen molar-refractivity contribution >= 4 is 6.08 Å². The fourth-order valence-electron chi connectivity index (χ4n) is 4.61. The molecule has 2 heteroatoms. The van der Waals surface area contributed by atoms with Crippen LogP contribution in [0.15, 0.2) is 12.1 Å². The van der Waals surface area contributed by atoms with Crippen molar-refractivity contribution in [2.45, 2.75) is 112 Å². The Morgan fingerprint density at radius 2 is 1.43 bits per heavy atom. The van der Waals surface area contributed by atoms with Crippen LogP contribution in [0.2, 0.25) is 0 Å². The monoisotopic (exact) mass is 414 g/mol. The molecule has 1 aliphatic heterocycles. The first-order valence-electron chi connectivity index (χ1n) is 12.3. The molecule has 1 aliphatic rings. The molecule has 3 atom stereocenters. The van der Waals surface area contributed by atoms with Crippen molar-refractivity contribution in [2.24, 2.45) is 17.8 Å². The lowest BCUT2D eigenvalue weighted by molar-refractivity contribution is 0.121. The maximum absolute atomic E-state index is 10.1. The lowest BCUT2D eigenvalue weighted by Gasteiger charge is -2.33. The Morgan fingerprint density at radius 3 is 2.03 bits per heavy atom. The van der Waals surface area contributed by atoms with E-state index in [4.69, 9.17) is 4.74 Å². The first-order chi connectivity index (χ1) is 14.1. The molecule has 0 saturated carbocycles. The number of fused-ring (bicyclic) bond motifs is 1. The first kappa shape index (κ1) is 24.8. The minimum atomic E-state index is -0.244. The molecule has 0 spiro atoms. The van der Waals surface area contributed by atoms with E-state index in [9.17, 15) is 5.11 Å². The van der Waals surface area contributed by atoms with Crippen molar-refractivity contribution in [3.63, 3.8) is 0 Å². The topological polar surface area (TPSA) is 29.5 Å². The Balaban J connectivity index is 1.71. The van der Waals surface area contributed by atoms with Gasteiger partial charge in [0.1, 0.15) is 17.1 Å². The fraction of sp³-hybridized carbons (Fsp3) is 0.714. The molecule has 2 rings (SSSR count). The zero-order valence-electron chi connectivity index (χ0n) is 20.7. The van der Waals surface area contributed by atoms with E-state index in [-0.39, 0.29) is 5.60 Å². The third-order valence-electron chi connectivity index (χ3n) is 7.03. The third-order valence-corrected chi connectivity index (χ3v) is 7.03. The molecule has 0 aliphatic carbocycles. The van der Waals surface area contributed by atoms with Gasteiger partial charge in [-0.05, 0) is 74.6 Å². The summed E-state index contributed by atoms with van der Waals surface area (Å²) in [5, 5.41) is 10.1. The summed E-state index contributed by atoms with van der Waals surface area (Å²) in [4.78, 5) is 0. The predicted molar refractivity (Wildman–Crippen MR) is 130 cm³/mol. The van der Waals surface area contributed by atoms with E-state index in [1.54, 1.807) is 0 Å². The summed E-state index contributed by atoms with van der Waals surface area (Å²) in [6.07, 6.45) is 16.1. The van der Waals surface area contributed by atoms with Gasteiger partial charge in [-0.25, -0.2) is 0 Å². The Morgan fingerprint density at radius 1 is 0.867 bits per heavy atom. The molecular weight excluding hydrogens is 368 g/mol. The van der Waals surface area contributed by atoms with Crippen LogP contribution in [0.1, 0.15) is 109 Å². The number of ether oxygens (including phenoxy) is 1. The summed E-state index contributed by atoms with van der Waals surface area (Å²) < 4.78 is 6.44. The molecule has 0 aromatic heterocycles. The van der Waals surface area contributed by atoms with Gasteiger partial charge in [-0.1, -0.05) is 78.7 Å². The molecule has 0 fully saturated rings. The van der Waals surface area contributed by atoms with Crippen LogP contribution in [0.4, 0.5) is 0 Å². The van der Waals surface area contributed by atoms with E-state index < -0.39 is 0 Å². The number of hydrogen-bond acceptors (Lipinski definition) is 2. The molecular formula is C28H46O2. The van der Waals surface area contributed by atoms with Crippen molar-refractivity contribution in [1.82, 2.24) is 0 Å². The third kappa shape index (κ3) is 7.36. The smallest absolute Gasteiger partial charge is 0.131 e. The van der Waals surface area contributed by atoms with E-state index in [0.29, 0.717) is 5.75 Å². The van der Waals surface area contributed by atoms with Crippen LogP contribution in [0.25, 0.3) is 6.08 Å². The Kier molecular flexibility index (Phi) is 9.31. The first-order valence-corrected chi connectivity index (χ1v) is 12.3. The highest BCUT2D eigenvalue weighted by atomic mass is 16.5. The van der Waals surface area contributed by atoms with Crippen LogP contribution in [0.5, 0.6) is 11.5 Å². The minimum Gasteiger partial charge on any atom is -0.508 e. The Labute approximate surface area is 186 Å². The summed E-state index contributed by atoms with van der Waals surface area (Å²) in [6, 6.07) is 1.82. The lowest BCUT2D eigenvalue weighted by atomic mass is 9.89. The van der Waals surface area contributed by atoms with E-state index in [1.165, 1.54) is 51.4 Å². The second kappa shape index (κ2) is 11.3. The van der Waals surface area contributed by atoms with E-state index in [2.05, 4.69) is 46.8 Å². The van der Waals surface area contributed by atoms with Gasteiger partial charge in [0, 0.05) is 5.56 Å². The van der Waals surface area contributed by atoms with Gasteiger partial charge in [-0.2, -0.15) is 0 Å². The lowest BCUT2D eigenvalue weighted by Crippen LogP contribution is -2.32. The quantitative estimate of drug-likeness (QED) is 0.371. The van der Waals surface area contributed by atoms with Gasteiger partial charge in [-0.3, -0.25) is 0 Å². The molecule has 2 nitrogen and oxygen atoms in total. The van der Waals surface area contributed by atoms with Crippen molar-refractivity contribution in [3.05, 3.63) is 28.8 Å². The molecule has 1 aromatic carbocycles. The van der Waals surface area contributed by atoms with Gasteiger partial charge in [0.25, 0.3) is 0 Å². The van der Waals surface area contributed by atoms with Gasteiger partial charge < -0.3 is 9.84 Å². The zero-order chi connectivity index (χ0) is 22.3. The Hall–Kier alpha value is -1.44. The largest absolute Gasteiger partial charge is 0.508 e. The van der Waals surface area contributed by atoms with E-state index in [0.717, 1.165) is 46.6 Å². The molecule has 1 heterocycles. The normalized spacial score (nSPS) is 20.1. The number of aromatic hydroxyl groups is 1. The number of phenolic OH excluding ortho intramolecular Hbond substituents is 1. The number of phenols is 1. The van der Waals surface area contributed by atoms with Crippen LogP contribution < -0.4 is 4.74 Å². The van der Waals surface area contributed by atoms with Crippen molar-refractivity contribution in [3.8, 4) is 11.5 Å². The standard InChI is InChI=1S/C28H46O2/c1-20(2)11-8-12-21(3)13-9-14-22(4)15-10-17-28(7)18-16-25-19-26(29)23(5)24(6)27(25)30-28/h16,18-22,29H,8-15,17H2,1-7H3/t21-,22-,28?/m1/s1. The molecule has 1 unspecified atom stereocenters. The zero-order valence-corrected chi connectivity index (χ0v) is 20.7. The fourth-order valence-corrected chi connectivity index (χ4v) is 4.61. The van der Waals surface area contributed by atoms with E-state index >= 15 is 0 Å². The van der Waals surface area contributed by atoms with Crippen LogP contribution in [-0.2, 0) is 0 Å². The summed E-state index contributed by atoms with van der Waals surface area (Å²) in [6.45, 7) is 15.7. The molecule has 0 amide bonds. The summed E-state index contributed by atoms with van der Waals surface area (Å²) in [5.74, 6) is 3.80. The molecule has 0 radical (unpaired) electrons. The molecule has 1 N–H and O–H groups in total. The van der Waals surface area contributed by atoms with Crippen LogP contribution in [0.3, 0.4) is 0 Å². The predicted octanol–water partition coefficient (Wildman–Crippen LogP) is 8.61. The molecule has 0 bridgehead atoms. The molecule has 170 valence electrons. The maximum Gasteiger partial charge on any atom is 0.131 e. The number of rotatable bonds is 12. The number of hydrogen-bond donors (Lipinski definition) is 1. The molecule has 0 saturated heterocycles. The van der Waals surface area contributed by atoms with Gasteiger partial charge in [0.15, 0.2) is 0 Å². The van der Waals surface area contributed by atoms with Crippen molar-refractivity contribution in [2.75, 3.05) is 0 Å². The van der Waals surface area contributed by atoms with Crippen molar-refractivity contribution < 1.29 is 9.84 Å². The SMILES string of the molecule is Cc1c(O)cc2c(c1C)OC(C)(CCC[C@H](C)CCC[C@H](C)CCCC(C)C)C=C2. The summed E-state index contributed by atoms with van der Waals surface area (Å²) in [7, 11) is 0. The molecule has 1 aromatic rings. The second-order valence-electron chi connectivity index (χ2n) is 10.7. The van der Waals surface area contributed by atoms with Crippen molar-refractivity contribution in [1.29, 1.82) is 0 Å². The maximum atomic E-state index is 10.1. The highest BCUT2D eigenvalue weighted by molar-refractivity contribution is 5.67. The van der Waals surface area contributed by atoms with Crippen LogP contribution in [0, 0.1) is 31.6 Å². The van der Waals surface area contributed by atoms with Gasteiger partial charge in [0.05, 0.1) is 0 Å². The average molecular weight is 415 g/mol. The van der Waals surface area contributed by atoms with Gasteiger partial charge in [-0.15, -0.1) is 0 Å². The van der Waals surface area contributed by atoms with Crippen LogP contribution in [-0.4, -0.2) is 10.7 Å². The number of benzene rings is 1. The highest BCUT2D eigenvalue weighted by Crippen LogP contribution is 2.40.